The number of hydrogen-bond donors (Lipinski definition) is 3. The van der Waals surface area contributed by atoms with Crippen LogP contribution in [-0.4, -0.2) is 34.9 Å². The van der Waals surface area contributed by atoms with Crippen molar-refractivity contribution in [1.29, 1.82) is 0 Å². The second kappa shape index (κ2) is 7.17. The Kier molecular flexibility index (Phi) is 5.50. The first-order chi connectivity index (χ1) is 10.2. The van der Waals surface area contributed by atoms with Gasteiger partial charge in [0.05, 0.1) is 6.04 Å². The van der Waals surface area contributed by atoms with E-state index >= 15 is 0 Å². The summed E-state index contributed by atoms with van der Waals surface area (Å²) in [5.41, 5.74) is 2.19. The van der Waals surface area contributed by atoms with Crippen molar-refractivity contribution < 1.29 is 9.84 Å². The van der Waals surface area contributed by atoms with Crippen LogP contribution in [0.25, 0.3) is 0 Å². The van der Waals surface area contributed by atoms with Crippen LogP contribution in [0.5, 0.6) is 11.5 Å². The smallest absolute Gasteiger partial charge is 0.177 e. The zero-order valence-corrected chi connectivity index (χ0v) is 14.0. The highest BCUT2D eigenvalue weighted by atomic mass is 35.5. The third-order valence-electron chi connectivity index (χ3n) is 3.82. The fourth-order valence-corrected chi connectivity index (χ4v) is 3.12. The highest BCUT2D eigenvalue weighted by molar-refractivity contribution is 7.71. The molecular formula is C15H20ClN3O2S. The van der Waals surface area contributed by atoms with Gasteiger partial charge in [0.15, 0.2) is 4.77 Å². The van der Waals surface area contributed by atoms with Crippen LogP contribution in [0, 0.1) is 4.77 Å². The number of likely N-dealkylation sites (N-methyl/N-ethyl adjacent to an activating group) is 1. The lowest BCUT2D eigenvalue weighted by atomic mass is 10.0. The standard InChI is InChI=1S/C15H19N3O2S.ClH/c1-16-5-4-11-8-17-15(21)18(11)12-6-10-7-13(19)2-3-14(10)20-9-12;/h2-3,7-8,12,16,19H,4-6,9H2,1H3,(H,17,21);1H/t12-;/m1./s1. The lowest BCUT2D eigenvalue weighted by Gasteiger charge is -2.27. The molecule has 0 bridgehead atoms. The molecule has 3 N–H and O–H groups in total. The van der Waals surface area contributed by atoms with Gasteiger partial charge >= 0.3 is 0 Å². The van der Waals surface area contributed by atoms with E-state index in [1.165, 1.54) is 5.69 Å². The molecule has 120 valence electrons. The van der Waals surface area contributed by atoms with Crippen molar-refractivity contribution in [3.63, 3.8) is 0 Å². The van der Waals surface area contributed by atoms with Gasteiger partial charge in [0, 0.05) is 31.3 Å². The minimum absolute atomic E-state index is 0. The highest BCUT2D eigenvalue weighted by Crippen LogP contribution is 2.32. The molecule has 5 nitrogen and oxygen atoms in total. The van der Waals surface area contributed by atoms with Crippen LogP contribution in [0.4, 0.5) is 0 Å². The molecule has 0 radical (unpaired) electrons. The van der Waals surface area contributed by atoms with E-state index in [0.717, 1.165) is 35.5 Å². The number of nitrogens with one attached hydrogen (secondary N) is 2. The molecule has 7 heteroatoms. The molecule has 1 aliphatic rings. The van der Waals surface area contributed by atoms with Crippen molar-refractivity contribution in [1.82, 2.24) is 14.9 Å². The molecule has 2 heterocycles. The Morgan fingerprint density at radius 1 is 1.50 bits per heavy atom. The number of phenols is 1. The van der Waals surface area contributed by atoms with Crippen LogP contribution in [0.15, 0.2) is 24.4 Å². The van der Waals surface area contributed by atoms with Crippen LogP contribution in [0.3, 0.4) is 0 Å². The molecule has 22 heavy (non-hydrogen) atoms. The van der Waals surface area contributed by atoms with E-state index in [1.54, 1.807) is 12.1 Å². The van der Waals surface area contributed by atoms with Crippen molar-refractivity contribution in [3.8, 4) is 11.5 Å². The number of imidazole rings is 1. The number of halogens is 1. The SMILES string of the molecule is CNCCc1c[nH]c(=S)n1[C@H]1COc2ccc(O)cc2C1.Cl. The second-order valence-electron chi connectivity index (χ2n) is 5.27. The normalized spacial score (nSPS) is 16.5. The third kappa shape index (κ3) is 3.29. The number of benzene rings is 1. The first kappa shape index (κ1) is 16.9. The van der Waals surface area contributed by atoms with Gasteiger partial charge in [-0.2, -0.15) is 0 Å². The number of phenolic OH excluding ortho intramolecular Hbond substituents is 1. The van der Waals surface area contributed by atoms with Crippen molar-refractivity contribution in [2.75, 3.05) is 20.2 Å². The van der Waals surface area contributed by atoms with Gasteiger partial charge in [-0.3, -0.25) is 0 Å². The van der Waals surface area contributed by atoms with Crippen LogP contribution in [0.2, 0.25) is 0 Å². The molecule has 0 amide bonds. The van der Waals surface area contributed by atoms with E-state index in [4.69, 9.17) is 17.0 Å². The molecule has 1 aromatic carbocycles. The number of ether oxygens (including phenoxy) is 1. The molecule has 3 rings (SSSR count). The first-order valence-electron chi connectivity index (χ1n) is 7.07. The molecule has 0 saturated carbocycles. The number of aromatic amines is 1. The predicted octanol–water partition coefficient (Wildman–Crippen LogP) is 2.61. The number of aromatic nitrogens is 2. The van der Waals surface area contributed by atoms with E-state index in [2.05, 4.69) is 14.9 Å². The zero-order valence-electron chi connectivity index (χ0n) is 12.3. The molecule has 0 fully saturated rings. The van der Waals surface area contributed by atoms with Crippen LogP contribution >= 0.6 is 24.6 Å². The average molecular weight is 342 g/mol. The third-order valence-corrected chi connectivity index (χ3v) is 4.13. The Balaban J connectivity index is 0.00000176. The minimum atomic E-state index is 0. The lowest BCUT2D eigenvalue weighted by Crippen LogP contribution is -2.26. The fourth-order valence-electron chi connectivity index (χ4n) is 2.79. The Bertz CT molecular complexity index is 698. The number of hydrogen-bond acceptors (Lipinski definition) is 4. The minimum Gasteiger partial charge on any atom is -0.508 e. The van der Waals surface area contributed by atoms with Crippen LogP contribution < -0.4 is 10.1 Å². The molecule has 1 aliphatic heterocycles. The lowest BCUT2D eigenvalue weighted by molar-refractivity contribution is 0.220. The van der Waals surface area contributed by atoms with E-state index in [9.17, 15) is 5.11 Å². The van der Waals surface area contributed by atoms with Crippen LogP contribution in [-0.2, 0) is 12.8 Å². The van der Waals surface area contributed by atoms with Crippen molar-refractivity contribution in [3.05, 3.63) is 40.4 Å². The summed E-state index contributed by atoms with van der Waals surface area (Å²) < 4.78 is 8.68. The number of rotatable bonds is 4. The maximum atomic E-state index is 9.63. The molecule has 0 aliphatic carbocycles. The van der Waals surface area contributed by atoms with Gasteiger partial charge < -0.3 is 24.7 Å². The molecule has 2 aromatic rings. The largest absolute Gasteiger partial charge is 0.508 e. The van der Waals surface area contributed by atoms with Gasteiger partial charge in [-0.05, 0) is 43.0 Å². The Morgan fingerprint density at radius 3 is 3.09 bits per heavy atom. The summed E-state index contributed by atoms with van der Waals surface area (Å²) in [6, 6.07) is 5.40. The number of nitrogens with zero attached hydrogens (tertiary/aromatic N) is 1. The topological polar surface area (TPSA) is 62.2 Å². The molecule has 0 unspecified atom stereocenters. The molecule has 0 spiro atoms. The van der Waals surface area contributed by atoms with Gasteiger partial charge in [-0.15, -0.1) is 12.4 Å². The molecule has 0 saturated heterocycles. The summed E-state index contributed by atoms with van der Waals surface area (Å²) in [7, 11) is 1.94. The fraction of sp³-hybridized carbons (Fsp3) is 0.400. The summed E-state index contributed by atoms with van der Waals surface area (Å²) in [5, 5.41) is 12.8. The maximum absolute atomic E-state index is 9.63. The zero-order chi connectivity index (χ0) is 14.8. The maximum Gasteiger partial charge on any atom is 0.177 e. The van der Waals surface area contributed by atoms with Gasteiger partial charge in [-0.25, -0.2) is 0 Å². The van der Waals surface area contributed by atoms with Crippen molar-refractivity contribution >= 4 is 24.6 Å². The molecular weight excluding hydrogens is 322 g/mol. The highest BCUT2D eigenvalue weighted by Gasteiger charge is 2.23. The number of aromatic hydroxyl groups is 1. The van der Waals surface area contributed by atoms with Gasteiger partial charge in [-0.1, -0.05) is 0 Å². The van der Waals surface area contributed by atoms with Crippen LogP contribution in [0.1, 0.15) is 17.3 Å². The first-order valence-corrected chi connectivity index (χ1v) is 7.48. The summed E-state index contributed by atoms with van der Waals surface area (Å²) in [6.45, 7) is 1.49. The van der Waals surface area contributed by atoms with Gasteiger partial charge in [0.25, 0.3) is 0 Å². The Hall–Kier alpha value is -1.50. The quantitative estimate of drug-likeness (QED) is 0.748. The molecule has 1 atom stereocenters. The van der Waals surface area contributed by atoms with E-state index in [1.807, 2.05) is 19.3 Å². The summed E-state index contributed by atoms with van der Waals surface area (Å²) in [4.78, 5) is 3.12. The van der Waals surface area contributed by atoms with E-state index in [0.29, 0.717) is 6.61 Å². The Morgan fingerprint density at radius 2 is 2.32 bits per heavy atom. The summed E-state index contributed by atoms with van der Waals surface area (Å²) in [5.74, 6) is 1.12. The number of fused-ring (bicyclic) bond motifs is 1. The van der Waals surface area contributed by atoms with Crippen molar-refractivity contribution in [2.45, 2.75) is 18.9 Å². The van der Waals surface area contributed by atoms with E-state index in [-0.39, 0.29) is 24.2 Å². The average Bonchev–Trinajstić information content (AvgIpc) is 2.85. The monoisotopic (exact) mass is 341 g/mol. The van der Waals surface area contributed by atoms with Gasteiger partial charge in [0.2, 0.25) is 0 Å². The summed E-state index contributed by atoms with van der Waals surface area (Å²) >= 11 is 5.41. The van der Waals surface area contributed by atoms with E-state index < -0.39 is 0 Å². The predicted molar refractivity (Wildman–Crippen MR) is 90.8 cm³/mol. The summed E-state index contributed by atoms with van der Waals surface area (Å²) in [6.07, 6.45) is 3.69. The molecule has 1 aromatic heterocycles. The Labute approximate surface area is 140 Å². The van der Waals surface area contributed by atoms with Gasteiger partial charge in [0.1, 0.15) is 18.1 Å². The second-order valence-corrected chi connectivity index (χ2v) is 5.66. The number of H-pyrrole nitrogens is 1. The van der Waals surface area contributed by atoms with Crippen molar-refractivity contribution in [2.24, 2.45) is 0 Å².